The molecule has 1 aromatic heterocycles. The van der Waals surface area contributed by atoms with Gasteiger partial charge < -0.3 is 15.7 Å². The van der Waals surface area contributed by atoms with Gasteiger partial charge in [-0.1, -0.05) is 6.42 Å². The highest BCUT2D eigenvalue weighted by Crippen LogP contribution is 2.61. The molecule has 0 bridgehead atoms. The maximum Gasteiger partial charge on any atom is 0.334 e. The highest BCUT2D eigenvalue weighted by Gasteiger charge is 2.66. The van der Waals surface area contributed by atoms with Crippen LogP contribution in [0.4, 0.5) is 4.79 Å². The summed E-state index contributed by atoms with van der Waals surface area (Å²) in [5, 5.41) is 18.4. The average Bonchev–Trinajstić information content (AvgIpc) is 2.89. The fourth-order valence-corrected chi connectivity index (χ4v) is 6.67. The Bertz CT molecular complexity index is 1200. The molecule has 4 N–H and O–H groups in total. The van der Waals surface area contributed by atoms with Gasteiger partial charge in [-0.05, 0) is 62.7 Å². The lowest BCUT2D eigenvalue weighted by molar-refractivity contribution is -0.148. The molecule has 4 aliphatic rings. The molecule has 1 aromatic rings. The van der Waals surface area contributed by atoms with Gasteiger partial charge in [0.1, 0.15) is 16.9 Å². The average molecular weight is 473 g/mol. The summed E-state index contributed by atoms with van der Waals surface area (Å²) in [5.41, 5.74) is 3.17. The number of amidine groups is 1. The smallest absolute Gasteiger partial charge is 0.334 e. The number of aromatic hydroxyl groups is 1. The van der Waals surface area contributed by atoms with Gasteiger partial charge in [-0.3, -0.25) is 29.0 Å². The highest BCUT2D eigenvalue weighted by atomic mass is 16.3. The number of amides is 3. The molecule has 3 saturated carbocycles. The number of carbonyl (C=O) groups excluding carboxylic acids is 2. The van der Waals surface area contributed by atoms with Gasteiger partial charge in [0.05, 0.1) is 0 Å². The zero-order valence-electron chi connectivity index (χ0n) is 19.7. The molecule has 0 radical (unpaired) electrons. The summed E-state index contributed by atoms with van der Waals surface area (Å²) in [7, 11) is 3.18. The molecule has 184 valence electrons. The first kappa shape index (κ1) is 22.7. The maximum atomic E-state index is 13.3. The second kappa shape index (κ2) is 7.44. The molecule has 34 heavy (non-hydrogen) atoms. The normalized spacial score (nSPS) is 31.3. The third-order valence-electron chi connectivity index (χ3n) is 8.92. The SMILES string of the molecule is CN1C(=O)N(C)C2(CC3(CCC(n4c(=O)c(C(=N)N)c(O)n(CC5CCC5)c4=O)CC3)C2)C1=O. The molecule has 3 aliphatic carbocycles. The van der Waals surface area contributed by atoms with Crippen molar-refractivity contribution in [2.24, 2.45) is 17.1 Å². The van der Waals surface area contributed by atoms with E-state index in [2.05, 4.69) is 0 Å². The standard InChI is InChI=1S/C23H32N6O5/c1-26-19(32)23(27(2)20(26)33)11-22(12-23)8-6-14(7-9-22)29-18(31)15(16(24)25)17(30)28(21(29)34)10-13-4-3-5-13/h13-14,30H,3-12H2,1-2H3,(H3,24,25). The lowest BCUT2D eigenvalue weighted by Crippen LogP contribution is -2.63. The Hall–Kier alpha value is -3.11. The number of hydrogen-bond donors (Lipinski definition) is 3. The first-order valence-corrected chi connectivity index (χ1v) is 12.0. The molecule has 1 aliphatic heterocycles. The Morgan fingerprint density at radius 2 is 1.71 bits per heavy atom. The summed E-state index contributed by atoms with van der Waals surface area (Å²) >= 11 is 0. The lowest BCUT2D eigenvalue weighted by Gasteiger charge is -2.57. The number of aromatic nitrogens is 2. The van der Waals surface area contributed by atoms with Crippen LogP contribution < -0.4 is 17.0 Å². The van der Waals surface area contributed by atoms with Gasteiger partial charge in [0, 0.05) is 26.7 Å². The maximum absolute atomic E-state index is 13.3. The molecule has 2 spiro atoms. The second-order valence-electron chi connectivity index (χ2n) is 10.8. The van der Waals surface area contributed by atoms with Crippen molar-refractivity contribution < 1.29 is 14.7 Å². The van der Waals surface area contributed by atoms with E-state index in [9.17, 15) is 24.3 Å². The molecular weight excluding hydrogens is 440 g/mol. The topological polar surface area (TPSA) is 155 Å². The third-order valence-corrected chi connectivity index (χ3v) is 8.92. The lowest BCUT2D eigenvalue weighted by atomic mass is 9.51. The summed E-state index contributed by atoms with van der Waals surface area (Å²) in [4.78, 5) is 54.2. The molecule has 0 unspecified atom stereocenters. The zero-order valence-corrected chi connectivity index (χ0v) is 19.7. The molecule has 2 heterocycles. The van der Waals surface area contributed by atoms with E-state index in [1.54, 1.807) is 11.9 Å². The number of likely N-dealkylation sites (N-methyl/N-ethyl adjacent to an activating group) is 2. The number of nitrogens with zero attached hydrogens (tertiary/aromatic N) is 4. The Labute approximate surface area is 196 Å². The first-order chi connectivity index (χ1) is 16.0. The number of hydrogen-bond acceptors (Lipinski definition) is 6. The molecule has 11 heteroatoms. The van der Waals surface area contributed by atoms with Crippen molar-refractivity contribution in [2.75, 3.05) is 14.1 Å². The number of rotatable bonds is 4. The van der Waals surface area contributed by atoms with Crippen LogP contribution in [-0.4, -0.2) is 61.4 Å². The highest BCUT2D eigenvalue weighted by molar-refractivity contribution is 6.07. The molecule has 1 saturated heterocycles. The molecule has 0 aromatic carbocycles. The van der Waals surface area contributed by atoms with E-state index in [-0.39, 0.29) is 34.9 Å². The van der Waals surface area contributed by atoms with Crippen LogP contribution in [0.3, 0.4) is 0 Å². The van der Waals surface area contributed by atoms with Gasteiger partial charge in [-0.25, -0.2) is 9.59 Å². The predicted molar refractivity (Wildman–Crippen MR) is 123 cm³/mol. The van der Waals surface area contributed by atoms with Gasteiger partial charge in [-0.2, -0.15) is 0 Å². The van der Waals surface area contributed by atoms with E-state index in [1.165, 1.54) is 21.1 Å². The van der Waals surface area contributed by atoms with Crippen LogP contribution >= 0.6 is 0 Å². The Morgan fingerprint density at radius 3 is 2.18 bits per heavy atom. The van der Waals surface area contributed by atoms with Crippen LogP contribution in [0.15, 0.2) is 9.59 Å². The Balaban J connectivity index is 1.40. The van der Waals surface area contributed by atoms with Gasteiger partial charge in [-0.15, -0.1) is 0 Å². The number of nitrogens with one attached hydrogen (secondary N) is 1. The van der Waals surface area contributed by atoms with Crippen molar-refractivity contribution in [2.45, 2.75) is 75.9 Å². The van der Waals surface area contributed by atoms with Crippen LogP contribution in [0, 0.1) is 16.7 Å². The summed E-state index contributed by atoms with van der Waals surface area (Å²) in [6.45, 7) is 0.306. The molecule has 11 nitrogen and oxygen atoms in total. The molecule has 3 amide bonds. The van der Waals surface area contributed by atoms with Crippen molar-refractivity contribution in [1.82, 2.24) is 18.9 Å². The fraction of sp³-hybridized carbons (Fsp3) is 0.696. The van der Waals surface area contributed by atoms with Gasteiger partial charge >= 0.3 is 11.7 Å². The quantitative estimate of drug-likeness (QED) is 0.337. The van der Waals surface area contributed by atoms with E-state index in [0.29, 0.717) is 32.2 Å². The Kier molecular flexibility index (Phi) is 4.96. The minimum atomic E-state index is -0.772. The minimum Gasteiger partial charge on any atom is -0.494 e. The van der Waals surface area contributed by atoms with Crippen LogP contribution in [0.25, 0.3) is 0 Å². The van der Waals surface area contributed by atoms with E-state index in [4.69, 9.17) is 11.1 Å². The van der Waals surface area contributed by atoms with Crippen LogP contribution in [-0.2, 0) is 11.3 Å². The van der Waals surface area contributed by atoms with Crippen molar-refractivity contribution in [3.8, 4) is 5.88 Å². The molecule has 5 rings (SSSR count). The van der Waals surface area contributed by atoms with Crippen LogP contribution in [0.2, 0.25) is 0 Å². The molecule has 4 fully saturated rings. The number of nitrogen functional groups attached to an aromatic ring is 1. The first-order valence-electron chi connectivity index (χ1n) is 12.0. The molecule has 0 atom stereocenters. The third kappa shape index (κ3) is 2.98. The number of nitrogens with two attached hydrogens (primary N) is 1. The van der Waals surface area contributed by atoms with Crippen molar-refractivity contribution in [3.63, 3.8) is 0 Å². The largest absolute Gasteiger partial charge is 0.494 e. The van der Waals surface area contributed by atoms with E-state index in [0.717, 1.165) is 32.1 Å². The summed E-state index contributed by atoms with van der Waals surface area (Å²) in [6, 6.07) is -0.650. The Morgan fingerprint density at radius 1 is 1.09 bits per heavy atom. The second-order valence-corrected chi connectivity index (χ2v) is 10.8. The van der Waals surface area contributed by atoms with Crippen molar-refractivity contribution >= 4 is 17.8 Å². The zero-order chi connectivity index (χ0) is 24.6. The minimum absolute atomic E-state index is 0.0965. The van der Waals surface area contributed by atoms with Crippen molar-refractivity contribution in [3.05, 3.63) is 26.4 Å². The van der Waals surface area contributed by atoms with Gasteiger partial charge in [0.2, 0.25) is 5.88 Å². The van der Waals surface area contributed by atoms with E-state index in [1.807, 2.05) is 0 Å². The fourth-order valence-electron chi connectivity index (χ4n) is 6.67. The predicted octanol–water partition coefficient (Wildman–Crippen LogP) is 0.958. The number of urea groups is 1. The summed E-state index contributed by atoms with van der Waals surface area (Å²) in [5.74, 6) is -0.969. The van der Waals surface area contributed by atoms with E-state index >= 15 is 0 Å². The van der Waals surface area contributed by atoms with Crippen molar-refractivity contribution in [1.29, 1.82) is 5.41 Å². The molecular formula is C23H32N6O5. The van der Waals surface area contributed by atoms with Gasteiger partial charge in [0.15, 0.2) is 0 Å². The monoisotopic (exact) mass is 472 g/mol. The summed E-state index contributed by atoms with van der Waals surface area (Å²) in [6.07, 6.45) is 6.76. The number of carbonyl (C=O) groups is 2. The van der Waals surface area contributed by atoms with E-state index < -0.39 is 28.5 Å². The van der Waals surface area contributed by atoms with Gasteiger partial charge in [0.25, 0.3) is 11.5 Å². The number of imide groups is 1. The van der Waals surface area contributed by atoms with Crippen LogP contribution in [0.1, 0.15) is 69.4 Å². The summed E-state index contributed by atoms with van der Waals surface area (Å²) < 4.78 is 2.39. The van der Waals surface area contributed by atoms with Crippen LogP contribution in [0.5, 0.6) is 5.88 Å².